The van der Waals surface area contributed by atoms with E-state index in [9.17, 15) is 4.79 Å². The molecule has 0 aliphatic rings. The molecule has 3 aromatic rings. The number of aromatic nitrogens is 2. The van der Waals surface area contributed by atoms with E-state index in [1.54, 1.807) is 30.7 Å². The van der Waals surface area contributed by atoms with Gasteiger partial charge in [-0.15, -0.1) is 10.2 Å². The van der Waals surface area contributed by atoms with Crippen LogP contribution in [-0.4, -0.2) is 29.1 Å². The number of azo groups is 1. The van der Waals surface area contributed by atoms with E-state index in [1.807, 2.05) is 37.3 Å². The van der Waals surface area contributed by atoms with Gasteiger partial charge in [0.05, 0.1) is 13.7 Å². The number of methoxy groups -OCH3 is 1. The van der Waals surface area contributed by atoms with Crippen molar-refractivity contribution in [3.8, 4) is 5.75 Å². The molecule has 0 aliphatic heterocycles. The van der Waals surface area contributed by atoms with Crippen molar-refractivity contribution < 1.29 is 14.3 Å². The number of carbonyl (C=O) groups is 1. The first kappa shape index (κ1) is 16.6. The fourth-order valence-corrected chi connectivity index (χ4v) is 2.39. The van der Waals surface area contributed by atoms with E-state index in [-0.39, 0.29) is 12.3 Å². The fourth-order valence-electron chi connectivity index (χ4n) is 2.39. The van der Waals surface area contributed by atoms with E-state index in [0.29, 0.717) is 22.9 Å². The number of ether oxygens (including phenoxy) is 2. The van der Waals surface area contributed by atoms with Crippen LogP contribution in [0.3, 0.4) is 0 Å². The Hall–Kier alpha value is -3.22. The number of fused-ring (bicyclic) bond motifs is 1. The van der Waals surface area contributed by atoms with Gasteiger partial charge in [0.2, 0.25) is 0 Å². The molecular formula is C18H18N4O3. The van der Waals surface area contributed by atoms with Gasteiger partial charge in [-0.05, 0) is 43.7 Å². The lowest BCUT2D eigenvalue weighted by Gasteiger charge is -2.04. The van der Waals surface area contributed by atoms with Gasteiger partial charge in [0.25, 0.3) is 0 Å². The molecule has 128 valence electrons. The molecule has 0 aliphatic carbocycles. The Morgan fingerprint density at radius 3 is 2.84 bits per heavy atom. The number of nitrogens with zero attached hydrogens (tertiary/aromatic N) is 4. The van der Waals surface area contributed by atoms with Gasteiger partial charge in [0.15, 0.2) is 11.5 Å². The van der Waals surface area contributed by atoms with Crippen LogP contribution in [0.1, 0.15) is 23.0 Å². The van der Waals surface area contributed by atoms with Gasteiger partial charge in [-0.25, -0.2) is 9.78 Å². The molecule has 0 bridgehead atoms. The van der Waals surface area contributed by atoms with Crippen molar-refractivity contribution in [3.05, 3.63) is 53.9 Å². The van der Waals surface area contributed by atoms with Crippen LogP contribution in [0.15, 0.2) is 52.8 Å². The van der Waals surface area contributed by atoms with Crippen LogP contribution in [-0.2, 0) is 4.74 Å². The highest BCUT2D eigenvalue weighted by atomic mass is 16.5. The van der Waals surface area contributed by atoms with E-state index >= 15 is 0 Å². The summed E-state index contributed by atoms with van der Waals surface area (Å²) < 4.78 is 12.1. The molecule has 7 heteroatoms. The van der Waals surface area contributed by atoms with Gasteiger partial charge in [-0.3, -0.25) is 4.40 Å². The Bertz CT molecular complexity index is 947. The smallest absolute Gasteiger partial charge is 0.360 e. The molecule has 25 heavy (non-hydrogen) atoms. The van der Waals surface area contributed by atoms with Crippen LogP contribution < -0.4 is 4.74 Å². The predicted molar refractivity (Wildman–Crippen MR) is 93.1 cm³/mol. The number of rotatable bonds is 5. The van der Waals surface area contributed by atoms with E-state index in [1.165, 1.54) is 0 Å². The third-order valence-corrected chi connectivity index (χ3v) is 3.56. The zero-order valence-electron chi connectivity index (χ0n) is 14.3. The molecule has 3 rings (SSSR count). The third kappa shape index (κ3) is 3.35. The zero-order valence-corrected chi connectivity index (χ0v) is 14.3. The molecule has 0 saturated carbocycles. The SMILES string of the molecule is CCOC(=O)c1nc2ccccn2c1N=Nc1cc(C)ccc1OC. The minimum Gasteiger partial charge on any atom is -0.494 e. The molecule has 1 aromatic carbocycles. The number of aryl methyl sites for hydroxylation is 1. The monoisotopic (exact) mass is 338 g/mol. The minimum absolute atomic E-state index is 0.128. The maximum atomic E-state index is 12.2. The number of imidazole rings is 1. The number of carbonyl (C=O) groups excluding carboxylic acids is 1. The van der Waals surface area contributed by atoms with Crippen molar-refractivity contribution in [1.29, 1.82) is 0 Å². The lowest BCUT2D eigenvalue weighted by Crippen LogP contribution is -2.05. The van der Waals surface area contributed by atoms with E-state index < -0.39 is 5.97 Å². The topological polar surface area (TPSA) is 77.5 Å². The molecule has 2 heterocycles. The second kappa shape index (κ2) is 7.12. The summed E-state index contributed by atoms with van der Waals surface area (Å²) in [6.07, 6.45) is 1.77. The van der Waals surface area contributed by atoms with E-state index in [0.717, 1.165) is 5.56 Å². The number of hydrogen-bond donors (Lipinski definition) is 0. The summed E-state index contributed by atoms with van der Waals surface area (Å²) in [6.45, 7) is 3.96. The van der Waals surface area contributed by atoms with E-state index in [4.69, 9.17) is 9.47 Å². The van der Waals surface area contributed by atoms with Crippen LogP contribution >= 0.6 is 0 Å². The van der Waals surface area contributed by atoms with Crippen molar-refractivity contribution >= 4 is 23.1 Å². The molecule has 0 radical (unpaired) electrons. The zero-order chi connectivity index (χ0) is 17.8. The summed E-state index contributed by atoms with van der Waals surface area (Å²) in [7, 11) is 1.57. The van der Waals surface area contributed by atoms with Crippen molar-refractivity contribution in [1.82, 2.24) is 9.38 Å². The van der Waals surface area contributed by atoms with Gasteiger partial charge in [0, 0.05) is 6.20 Å². The second-order valence-corrected chi connectivity index (χ2v) is 5.31. The summed E-state index contributed by atoms with van der Waals surface area (Å²) in [6, 6.07) is 11.1. The van der Waals surface area contributed by atoms with Crippen molar-refractivity contribution in [2.45, 2.75) is 13.8 Å². The molecular weight excluding hydrogens is 320 g/mol. The second-order valence-electron chi connectivity index (χ2n) is 5.31. The first-order valence-electron chi connectivity index (χ1n) is 7.84. The highest BCUT2D eigenvalue weighted by Gasteiger charge is 2.20. The predicted octanol–water partition coefficient (Wildman–Crippen LogP) is 4.24. The Kier molecular flexibility index (Phi) is 4.74. The fraction of sp³-hybridized carbons (Fsp3) is 0.222. The third-order valence-electron chi connectivity index (χ3n) is 3.56. The number of esters is 1. The molecule has 7 nitrogen and oxygen atoms in total. The van der Waals surface area contributed by atoms with Crippen LogP contribution in [0.4, 0.5) is 11.5 Å². The molecule has 0 N–H and O–H groups in total. The summed E-state index contributed by atoms with van der Waals surface area (Å²) in [5.74, 6) is 0.384. The summed E-state index contributed by atoms with van der Waals surface area (Å²) in [5.41, 5.74) is 2.32. The molecule has 0 atom stereocenters. The van der Waals surface area contributed by atoms with Gasteiger partial charge in [-0.2, -0.15) is 0 Å². The standard InChI is InChI=1S/C18H18N4O3/c1-4-25-18(23)16-17(22-10-6-5-7-15(22)19-16)21-20-13-11-12(2)8-9-14(13)24-3/h5-11H,4H2,1-3H3. The van der Waals surface area contributed by atoms with Crippen LogP contribution in [0.5, 0.6) is 5.75 Å². The van der Waals surface area contributed by atoms with Crippen LogP contribution in [0.25, 0.3) is 5.65 Å². The number of benzene rings is 1. The lowest BCUT2D eigenvalue weighted by molar-refractivity contribution is 0.0521. The Morgan fingerprint density at radius 2 is 2.08 bits per heavy atom. The first-order valence-corrected chi connectivity index (χ1v) is 7.84. The van der Waals surface area contributed by atoms with E-state index in [2.05, 4.69) is 15.2 Å². The highest BCUT2D eigenvalue weighted by molar-refractivity contribution is 5.93. The molecule has 0 fully saturated rings. The molecule has 0 spiro atoms. The Labute approximate surface area is 144 Å². The number of pyridine rings is 1. The minimum atomic E-state index is -0.531. The summed E-state index contributed by atoms with van der Waals surface area (Å²) in [4.78, 5) is 16.5. The van der Waals surface area contributed by atoms with Crippen molar-refractivity contribution in [2.75, 3.05) is 13.7 Å². The van der Waals surface area contributed by atoms with Crippen LogP contribution in [0, 0.1) is 6.92 Å². The Balaban J connectivity index is 2.10. The molecule has 0 saturated heterocycles. The first-order chi connectivity index (χ1) is 12.1. The van der Waals surface area contributed by atoms with Gasteiger partial charge in [-0.1, -0.05) is 12.1 Å². The molecule has 2 aromatic heterocycles. The average Bonchev–Trinajstić information content (AvgIpc) is 2.99. The van der Waals surface area contributed by atoms with Gasteiger partial charge in [0.1, 0.15) is 17.1 Å². The summed E-state index contributed by atoms with van der Waals surface area (Å²) >= 11 is 0. The molecule has 0 amide bonds. The average molecular weight is 338 g/mol. The maximum absolute atomic E-state index is 12.2. The quantitative estimate of drug-likeness (QED) is 0.515. The summed E-state index contributed by atoms with van der Waals surface area (Å²) in [5, 5.41) is 8.53. The lowest BCUT2D eigenvalue weighted by atomic mass is 10.2. The molecule has 0 unspecified atom stereocenters. The highest BCUT2D eigenvalue weighted by Crippen LogP contribution is 2.31. The normalized spacial score (nSPS) is 11.2. The van der Waals surface area contributed by atoms with Crippen molar-refractivity contribution in [3.63, 3.8) is 0 Å². The maximum Gasteiger partial charge on any atom is 0.360 e. The van der Waals surface area contributed by atoms with Crippen molar-refractivity contribution in [2.24, 2.45) is 10.2 Å². The number of hydrogen-bond acceptors (Lipinski definition) is 6. The Morgan fingerprint density at radius 1 is 1.24 bits per heavy atom. The van der Waals surface area contributed by atoms with Gasteiger partial charge >= 0.3 is 5.97 Å². The van der Waals surface area contributed by atoms with Gasteiger partial charge < -0.3 is 9.47 Å². The van der Waals surface area contributed by atoms with Crippen LogP contribution in [0.2, 0.25) is 0 Å². The largest absolute Gasteiger partial charge is 0.494 e.